The summed E-state index contributed by atoms with van der Waals surface area (Å²) in [6, 6.07) is 11.5. The largest absolute Gasteiger partial charge is 0.311 e. The molecular weight excluding hydrogens is 232 g/mol. The topological polar surface area (TPSA) is 15.3 Å². The van der Waals surface area contributed by atoms with Crippen LogP contribution in [-0.2, 0) is 5.54 Å². The molecule has 2 atom stereocenters. The average molecular weight is 260 g/mol. The van der Waals surface area contributed by atoms with E-state index in [9.17, 15) is 0 Å². The molecule has 1 aliphatic rings. The third-order valence-corrected chi connectivity index (χ3v) is 4.41. The molecule has 0 saturated carbocycles. The number of unbranched alkanes of at least 4 members (excludes halogenated alkanes) is 2. The summed E-state index contributed by atoms with van der Waals surface area (Å²) in [5.41, 5.74) is 1.58. The lowest BCUT2D eigenvalue weighted by Gasteiger charge is -2.48. The molecule has 1 aliphatic heterocycles. The van der Waals surface area contributed by atoms with Crippen LogP contribution in [0.2, 0.25) is 0 Å². The highest BCUT2D eigenvalue weighted by Crippen LogP contribution is 2.30. The van der Waals surface area contributed by atoms with E-state index in [2.05, 4.69) is 61.3 Å². The Morgan fingerprint density at radius 1 is 1.26 bits per heavy atom. The normalized spacial score (nSPS) is 28.5. The van der Waals surface area contributed by atoms with Crippen LogP contribution in [0.5, 0.6) is 0 Å². The minimum Gasteiger partial charge on any atom is -0.311 e. The molecule has 1 aromatic rings. The van der Waals surface area contributed by atoms with Gasteiger partial charge in [-0.3, -0.25) is 4.90 Å². The standard InChI is InChI=1S/C17H28N2/c1-4-5-9-12-19-13-15(2)18-14-17(19,3)16-10-7-6-8-11-16/h6-8,10-11,15,18H,4-5,9,12-14H2,1-3H3. The second-order valence-electron chi connectivity index (χ2n) is 6.07. The van der Waals surface area contributed by atoms with Crippen molar-refractivity contribution in [1.82, 2.24) is 10.2 Å². The van der Waals surface area contributed by atoms with Crippen molar-refractivity contribution in [1.29, 1.82) is 0 Å². The summed E-state index contributed by atoms with van der Waals surface area (Å²) in [6.45, 7) is 10.4. The molecule has 1 fully saturated rings. The van der Waals surface area contributed by atoms with E-state index in [0.717, 1.165) is 13.1 Å². The summed E-state index contributed by atoms with van der Waals surface area (Å²) in [7, 11) is 0. The first-order valence-corrected chi connectivity index (χ1v) is 7.71. The first-order chi connectivity index (χ1) is 9.16. The van der Waals surface area contributed by atoms with Gasteiger partial charge in [0.15, 0.2) is 0 Å². The van der Waals surface area contributed by atoms with Gasteiger partial charge in [-0.15, -0.1) is 0 Å². The van der Waals surface area contributed by atoms with Gasteiger partial charge in [0.25, 0.3) is 0 Å². The van der Waals surface area contributed by atoms with Crippen LogP contribution >= 0.6 is 0 Å². The van der Waals surface area contributed by atoms with Gasteiger partial charge in [-0.2, -0.15) is 0 Å². The molecule has 2 rings (SSSR count). The maximum absolute atomic E-state index is 3.65. The molecule has 0 aromatic heterocycles. The zero-order valence-electron chi connectivity index (χ0n) is 12.7. The van der Waals surface area contributed by atoms with E-state index >= 15 is 0 Å². The van der Waals surface area contributed by atoms with Crippen LogP contribution in [0.3, 0.4) is 0 Å². The zero-order valence-corrected chi connectivity index (χ0v) is 12.7. The highest BCUT2D eigenvalue weighted by atomic mass is 15.3. The van der Waals surface area contributed by atoms with Gasteiger partial charge in [0.1, 0.15) is 0 Å². The Kier molecular flexibility index (Phi) is 5.00. The Morgan fingerprint density at radius 3 is 2.68 bits per heavy atom. The molecule has 1 saturated heterocycles. The summed E-state index contributed by atoms with van der Waals surface area (Å²) in [5.74, 6) is 0. The van der Waals surface area contributed by atoms with Gasteiger partial charge in [0, 0.05) is 19.1 Å². The second-order valence-corrected chi connectivity index (χ2v) is 6.07. The van der Waals surface area contributed by atoms with Crippen molar-refractivity contribution in [3.8, 4) is 0 Å². The fourth-order valence-corrected chi connectivity index (χ4v) is 3.05. The number of nitrogens with one attached hydrogen (secondary N) is 1. The Morgan fingerprint density at radius 2 is 2.00 bits per heavy atom. The van der Waals surface area contributed by atoms with Crippen LogP contribution in [0.4, 0.5) is 0 Å². The number of nitrogens with zero attached hydrogens (tertiary/aromatic N) is 1. The van der Waals surface area contributed by atoms with Crippen LogP contribution < -0.4 is 5.32 Å². The fraction of sp³-hybridized carbons (Fsp3) is 0.647. The lowest BCUT2D eigenvalue weighted by atomic mass is 9.87. The summed E-state index contributed by atoms with van der Waals surface area (Å²) < 4.78 is 0. The smallest absolute Gasteiger partial charge is 0.0557 e. The van der Waals surface area contributed by atoms with Crippen LogP contribution in [0, 0.1) is 0 Å². The Labute approximate surface area is 118 Å². The molecule has 0 amide bonds. The number of hydrogen-bond acceptors (Lipinski definition) is 2. The zero-order chi connectivity index (χ0) is 13.7. The summed E-state index contributed by atoms with van der Waals surface area (Å²) in [6.07, 6.45) is 3.94. The predicted molar refractivity (Wildman–Crippen MR) is 82.4 cm³/mol. The monoisotopic (exact) mass is 260 g/mol. The van der Waals surface area contributed by atoms with E-state index in [4.69, 9.17) is 0 Å². The molecule has 2 heteroatoms. The SMILES string of the molecule is CCCCCN1CC(C)NCC1(C)c1ccccc1. The second kappa shape index (κ2) is 6.53. The van der Waals surface area contributed by atoms with Gasteiger partial charge in [-0.05, 0) is 32.4 Å². The van der Waals surface area contributed by atoms with E-state index in [1.165, 1.54) is 31.4 Å². The quantitative estimate of drug-likeness (QED) is 0.816. The van der Waals surface area contributed by atoms with Gasteiger partial charge in [-0.1, -0.05) is 50.1 Å². The highest BCUT2D eigenvalue weighted by Gasteiger charge is 2.37. The molecule has 2 unspecified atom stereocenters. The molecular formula is C17H28N2. The average Bonchev–Trinajstić information content (AvgIpc) is 2.44. The first kappa shape index (κ1) is 14.5. The van der Waals surface area contributed by atoms with Gasteiger partial charge in [-0.25, -0.2) is 0 Å². The highest BCUT2D eigenvalue weighted by molar-refractivity contribution is 5.25. The van der Waals surface area contributed by atoms with Crippen LogP contribution in [0.15, 0.2) is 30.3 Å². The van der Waals surface area contributed by atoms with E-state index in [-0.39, 0.29) is 5.54 Å². The van der Waals surface area contributed by atoms with Crippen molar-refractivity contribution in [2.24, 2.45) is 0 Å². The minimum atomic E-state index is 0.140. The van der Waals surface area contributed by atoms with E-state index in [1.54, 1.807) is 0 Å². The van der Waals surface area contributed by atoms with Crippen LogP contribution in [-0.4, -0.2) is 30.6 Å². The Bertz CT molecular complexity index is 376. The number of hydrogen-bond donors (Lipinski definition) is 1. The summed E-state index contributed by atoms with van der Waals surface area (Å²) in [5, 5.41) is 3.65. The maximum Gasteiger partial charge on any atom is 0.0557 e. The number of rotatable bonds is 5. The van der Waals surface area contributed by atoms with E-state index < -0.39 is 0 Å². The first-order valence-electron chi connectivity index (χ1n) is 7.71. The van der Waals surface area contributed by atoms with Gasteiger partial charge < -0.3 is 5.32 Å². The fourth-order valence-electron chi connectivity index (χ4n) is 3.05. The van der Waals surface area contributed by atoms with Crippen molar-refractivity contribution in [3.63, 3.8) is 0 Å². The van der Waals surface area contributed by atoms with Crippen molar-refractivity contribution in [2.45, 2.75) is 51.6 Å². The number of piperazine rings is 1. The van der Waals surface area contributed by atoms with Crippen molar-refractivity contribution < 1.29 is 0 Å². The Balaban J connectivity index is 2.14. The summed E-state index contributed by atoms with van der Waals surface area (Å²) in [4.78, 5) is 2.68. The van der Waals surface area contributed by atoms with E-state index in [1.807, 2.05) is 0 Å². The molecule has 1 N–H and O–H groups in total. The van der Waals surface area contributed by atoms with Crippen LogP contribution in [0.1, 0.15) is 45.6 Å². The maximum atomic E-state index is 3.65. The van der Waals surface area contributed by atoms with Crippen molar-refractivity contribution >= 4 is 0 Å². The van der Waals surface area contributed by atoms with Crippen molar-refractivity contribution in [2.75, 3.05) is 19.6 Å². The van der Waals surface area contributed by atoms with Gasteiger partial charge in [0.05, 0.1) is 5.54 Å². The number of benzene rings is 1. The molecule has 2 nitrogen and oxygen atoms in total. The van der Waals surface area contributed by atoms with Gasteiger partial charge in [0.2, 0.25) is 0 Å². The third kappa shape index (κ3) is 3.37. The molecule has 0 aliphatic carbocycles. The predicted octanol–water partition coefficient (Wildman–Crippen LogP) is 3.39. The molecule has 0 spiro atoms. The molecule has 0 bridgehead atoms. The van der Waals surface area contributed by atoms with Crippen LogP contribution in [0.25, 0.3) is 0 Å². The third-order valence-electron chi connectivity index (χ3n) is 4.41. The van der Waals surface area contributed by atoms with Gasteiger partial charge >= 0.3 is 0 Å². The minimum absolute atomic E-state index is 0.140. The Hall–Kier alpha value is -0.860. The molecule has 106 valence electrons. The summed E-state index contributed by atoms with van der Waals surface area (Å²) >= 11 is 0. The lowest BCUT2D eigenvalue weighted by Crippen LogP contribution is -2.60. The van der Waals surface area contributed by atoms with E-state index in [0.29, 0.717) is 6.04 Å². The van der Waals surface area contributed by atoms with Crippen molar-refractivity contribution in [3.05, 3.63) is 35.9 Å². The molecule has 0 radical (unpaired) electrons. The lowest BCUT2D eigenvalue weighted by molar-refractivity contribution is 0.0519. The molecule has 1 aromatic carbocycles. The molecule has 19 heavy (non-hydrogen) atoms. The molecule has 1 heterocycles.